The summed E-state index contributed by atoms with van der Waals surface area (Å²) in [6, 6.07) is 9.64. The molecule has 1 fully saturated rings. The first kappa shape index (κ1) is 16.0. The van der Waals surface area contributed by atoms with Crippen molar-refractivity contribution in [1.82, 2.24) is 4.90 Å². The molecule has 0 amide bonds. The maximum Gasteiger partial charge on any atom is 0.314 e. The second-order valence-corrected chi connectivity index (χ2v) is 6.01. The highest BCUT2D eigenvalue weighted by Crippen LogP contribution is 2.35. The number of aliphatic carboxylic acids is 1. The zero-order valence-electron chi connectivity index (χ0n) is 12.9. The normalized spacial score (nSPS) is 18.8. The molecule has 1 aromatic rings. The zero-order valence-corrected chi connectivity index (χ0v) is 12.9. The molecule has 1 saturated heterocycles. The van der Waals surface area contributed by atoms with Crippen LogP contribution in [0.25, 0.3) is 0 Å². The molecular formula is C17H25NO3. The number of carbonyl (C=O) groups is 1. The number of carboxylic acids is 1. The van der Waals surface area contributed by atoms with E-state index < -0.39 is 11.4 Å². The van der Waals surface area contributed by atoms with E-state index in [1.165, 1.54) is 0 Å². The van der Waals surface area contributed by atoms with Gasteiger partial charge in [0.05, 0.1) is 18.1 Å². The molecule has 4 nitrogen and oxygen atoms in total. The Kier molecular flexibility index (Phi) is 5.37. The van der Waals surface area contributed by atoms with Gasteiger partial charge in [0.1, 0.15) is 0 Å². The fourth-order valence-electron chi connectivity index (χ4n) is 2.96. The molecule has 0 aromatic heterocycles. The number of piperidine rings is 1. The maximum absolute atomic E-state index is 11.8. The summed E-state index contributed by atoms with van der Waals surface area (Å²) in [5.41, 5.74) is 0.201. The number of ether oxygens (including phenoxy) is 1. The number of hydrogen-bond donors (Lipinski definition) is 1. The van der Waals surface area contributed by atoms with E-state index in [0.717, 1.165) is 25.2 Å². The average Bonchev–Trinajstić information content (AvgIpc) is 2.48. The fourth-order valence-corrected chi connectivity index (χ4v) is 2.96. The molecule has 4 heteroatoms. The Bertz CT molecular complexity index is 450. The Morgan fingerprint density at radius 2 is 1.90 bits per heavy atom. The largest absolute Gasteiger partial charge is 0.481 e. The van der Waals surface area contributed by atoms with Gasteiger partial charge < -0.3 is 14.7 Å². The molecule has 0 saturated carbocycles. The summed E-state index contributed by atoms with van der Waals surface area (Å²) >= 11 is 0. The van der Waals surface area contributed by atoms with Gasteiger partial charge in [-0.25, -0.2) is 0 Å². The van der Waals surface area contributed by atoms with Gasteiger partial charge in [-0.2, -0.15) is 0 Å². The van der Waals surface area contributed by atoms with Crippen molar-refractivity contribution in [2.75, 3.05) is 26.2 Å². The van der Waals surface area contributed by atoms with Crippen LogP contribution in [0.15, 0.2) is 30.3 Å². The summed E-state index contributed by atoms with van der Waals surface area (Å²) in [6.07, 6.45) is 1.57. The van der Waals surface area contributed by atoms with Crippen molar-refractivity contribution < 1.29 is 14.6 Å². The minimum atomic E-state index is -0.726. The second kappa shape index (κ2) is 7.05. The highest BCUT2D eigenvalue weighted by Gasteiger charge is 2.42. The number of likely N-dealkylation sites (tertiary alicyclic amines) is 1. The number of nitrogens with zero attached hydrogens (tertiary/aromatic N) is 1. The van der Waals surface area contributed by atoms with Gasteiger partial charge in [-0.05, 0) is 45.3 Å². The van der Waals surface area contributed by atoms with E-state index in [1.54, 1.807) is 0 Å². The summed E-state index contributed by atoms with van der Waals surface area (Å²) in [5.74, 6) is -0.702. The van der Waals surface area contributed by atoms with Crippen LogP contribution in [0.4, 0.5) is 0 Å². The van der Waals surface area contributed by atoms with Crippen LogP contribution in [0.2, 0.25) is 0 Å². The Morgan fingerprint density at radius 1 is 1.29 bits per heavy atom. The molecule has 0 spiro atoms. The van der Waals surface area contributed by atoms with E-state index in [-0.39, 0.29) is 6.10 Å². The predicted octanol–water partition coefficient (Wildman–Crippen LogP) is 2.53. The van der Waals surface area contributed by atoms with Crippen LogP contribution in [-0.2, 0) is 14.9 Å². The van der Waals surface area contributed by atoms with E-state index >= 15 is 0 Å². The molecule has 0 unspecified atom stereocenters. The van der Waals surface area contributed by atoms with E-state index in [4.69, 9.17) is 4.74 Å². The fraction of sp³-hybridized carbons (Fsp3) is 0.588. The van der Waals surface area contributed by atoms with Gasteiger partial charge in [0.15, 0.2) is 0 Å². The van der Waals surface area contributed by atoms with Crippen molar-refractivity contribution in [3.8, 4) is 0 Å². The van der Waals surface area contributed by atoms with Gasteiger partial charge in [0.25, 0.3) is 0 Å². The lowest BCUT2D eigenvalue weighted by molar-refractivity contribution is -0.146. The van der Waals surface area contributed by atoms with Crippen LogP contribution in [0.5, 0.6) is 0 Å². The van der Waals surface area contributed by atoms with Crippen molar-refractivity contribution >= 4 is 5.97 Å². The minimum absolute atomic E-state index is 0.247. The Labute approximate surface area is 126 Å². The third-order valence-electron chi connectivity index (χ3n) is 4.30. The summed E-state index contributed by atoms with van der Waals surface area (Å²) in [6.45, 7) is 7.26. The topological polar surface area (TPSA) is 49.8 Å². The van der Waals surface area contributed by atoms with Crippen LogP contribution in [0.1, 0.15) is 32.3 Å². The van der Waals surface area contributed by atoms with Crippen LogP contribution < -0.4 is 0 Å². The van der Waals surface area contributed by atoms with Crippen molar-refractivity contribution in [1.29, 1.82) is 0 Å². The van der Waals surface area contributed by atoms with Crippen molar-refractivity contribution in [2.45, 2.75) is 38.2 Å². The number of hydrogen-bond acceptors (Lipinski definition) is 3. The summed E-state index contributed by atoms with van der Waals surface area (Å²) in [7, 11) is 0. The minimum Gasteiger partial charge on any atom is -0.481 e. The van der Waals surface area contributed by atoms with Gasteiger partial charge in [0.2, 0.25) is 0 Å². The zero-order chi connectivity index (χ0) is 15.3. The smallest absolute Gasteiger partial charge is 0.314 e. The summed E-state index contributed by atoms with van der Waals surface area (Å²) in [4.78, 5) is 14.1. The molecule has 0 radical (unpaired) electrons. The second-order valence-electron chi connectivity index (χ2n) is 6.01. The summed E-state index contributed by atoms with van der Waals surface area (Å²) in [5, 5.41) is 9.73. The lowest BCUT2D eigenvalue weighted by Gasteiger charge is -2.39. The van der Waals surface area contributed by atoms with Gasteiger partial charge in [-0.15, -0.1) is 0 Å². The molecule has 1 aromatic carbocycles. The number of rotatable bonds is 6. The highest BCUT2D eigenvalue weighted by atomic mass is 16.5. The van der Waals surface area contributed by atoms with E-state index in [9.17, 15) is 9.90 Å². The van der Waals surface area contributed by atoms with Crippen LogP contribution in [-0.4, -0.2) is 48.3 Å². The van der Waals surface area contributed by atoms with E-state index in [2.05, 4.69) is 4.90 Å². The highest BCUT2D eigenvalue weighted by molar-refractivity contribution is 5.81. The average molecular weight is 291 g/mol. The molecule has 1 aliphatic rings. The third-order valence-corrected chi connectivity index (χ3v) is 4.30. The lowest BCUT2D eigenvalue weighted by atomic mass is 9.73. The Morgan fingerprint density at radius 3 is 2.43 bits per heavy atom. The molecular weight excluding hydrogens is 266 g/mol. The lowest BCUT2D eigenvalue weighted by Crippen LogP contribution is -2.48. The SMILES string of the molecule is CC(C)OCCN1CCC(C(=O)O)(c2ccccc2)CC1. The Balaban J connectivity index is 1.97. The number of benzene rings is 1. The van der Waals surface area contributed by atoms with Crippen LogP contribution >= 0.6 is 0 Å². The van der Waals surface area contributed by atoms with Gasteiger partial charge in [0, 0.05) is 6.54 Å². The molecule has 1 N–H and O–H groups in total. The third kappa shape index (κ3) is 3.83. The quantitative estimate of drug-likeness (QED) is 0.875. The van der Waals surface area contributed by atoms with Crippen molar-refractivity contribution in [2.24, 2.45) is 0 Å². The van der Waals surface area contributed by atoms with Gasteiger partial charge in [-0.1, -0.05) is 30.3 Å². The van der Waals surface area contributed by atoms with Crippen LogP contribution in [0.3, 0.4) is 0 Å². The molecule has 0 bridgehead atoms. The first-order valence-electron chi connectivity index (χ1n) is 7.67. The molecule has 116 valence electrons. The molecule has 2 rings (SSSR count). The van der Waals surface area contributed by atoms with Crippen LogP contribution in [0, 0.1) is 0 Å². The molecule has 0 atom stereocenters. The number of carboxylic acid groups (broad SMARTS) is 1. The summed E-state index contributed by atoms with van der Waals surface area (Å²) < 4.78 is 5.57. The van der Waals surface area contributed by atoms with Crippen molar-refractivity contribution in [3.63, 3.8) is 0 Å². The van der Waals surface area contributed by atoms with E-state index in [1.807, 2.05) is 44.2 Å². The van der Waals surface area contributed by atoms with Crippen molar-refractivity contribution in [3.05, 3.63) is 35.9 Å². The predicted molar refractivity (Wildman–Crippen MR) is 82.5 cm³/mol. The molecule has 1 aliphatic heterocycles. The maximum atomic E-state index is 11.8. The molecule has 1 heterocycles. The Hall–Kier alpha value is -1.39. The van der Waals surface area contributed by atoms with Gasteiger partial charge >= 0.3 is 5.97 Å². The molecule has 21 heavy (non-hydrogen) atoms. The molecule has 0 aliphatic carbocycles. The van der Waals surface area contributed by atoms with Gasteiger partial charge in [-0.3, -0.25) is 4.79 Å². The van der Waals surface area contributed by atoms with E-state index in [0.29, 0.717) is 19.4 Å². The first-order valence-corrected chi connectivity index (χ1v) is 7.67. The first-order chi connectivity index (χ1) is 10.0. The monoisotopic (exact) mass is 291 g/mol. The standard InChI is InChI=1S/C17H25NO3/c1-14(2)21-13-12-18-10-8-17(9-11-18,16(19)20)15-6-4-3-5-7-15/h3-7,14H,8-13H2,1-2H3,(H,19,20).